The second-order valence-electron chi connectivity index (χ2n) is 5.22. The SMILES string of the molecule is CC(CN1CCC(C(=O)O)CC1)c1ccccc1. The molecule has 1 atom stereocenters. The van der Waals surface area contributed by atoms with E-state index in [0.29, 0.717) is 5.92 Å². The summed E-state index contributed by atoms with van der Waals surface area (Å²) in [5.41, 5.74) is 1.36. The van der Waals surface area contributed by atoms with Gasteiger partial charge in [0.15, 0.2) is 0 Å². The van der Waals surface area contributed by atoms with Gasteiger partial charge in [-0.15, -0.1) is 0 Å². The minimum Gasteiger partial charge on any atom is -0.481 e. The van der Waals surface area contributed by atoms with E-state index in [1.165, 1.54) is 5.56 Å². The van der Waals surface area contributed by atoms with Crippen molar-refractivity contribution in [3.63, 3.8) is 0 Å². The van der Waals surface area contributed by atoms with Crippen molar-refractivity contribution in [1.29, 1.82) is 0 Å². The molecule has 0 bridgehead atoms. The van der Waals surface area contributed by atoms with Crippen LogP contribution >= 0.6 is 0 Å². The summed E-state index contributed by atoms with van der Waals surface area (Å²) in [6.45, 7) is 5.08. The molecule has 0 amide bonds. The van der Waals surface area contributed by atoms with Crippen molar-refractivity contribution in [3.05, 3.63) is 35.9 Å². The number of carboxylic acids is 1. The van der Waals surface area contributed by atoms with Gasteiger partial charge >= 0.3 is 5.97 Å². The molecule has 1 aliphatic heterocycles. The summed E-state index contributed by atoms with van der Waals surface area (Å²) < 4.78 is 0. The van der Waals surface area contributed by atoms with Crippen molar-refractivity contribution >= 4 is 5.97 Å². The van der Waals surface area contributed by atoms with Crippen LogP contribution in [-0.4, -0.2) is 35.6 Å². The Labute approximate surface area is 108 Å². The molecule has 3 nitrogen and oxygen atoms in total. The molecule has 1 unspecified atom stereocenters. The van der Waals surface area contributed by atoms with Gasteiger partial charge in [-0.1, -0.05) is 37.3 Å². The van der Waals surface area contributed by atoms with E-state index >= 15 is 0 Å². The summed E-state index contributed by atoms with van der Waals surface area (Å²) in [5, 5.41) is 8.97. The normalized spacial score (nSPS) is 19.6. The summed E-state index contributed by atoms with van der Waals surface area (Å²) in [7, 11) is 0. The summed E-state index contributed by atoms with van der Waals surface area (Å²) in [6, 6.07) is 10.5. The first-order chi connectivity index (χ1) is 8.66. The highest BCUT2D eigenvalue weighted by molar-refractivity contribution is 5.70. The van der Waals surface area contributed by atoms with E-state index in [1.54, 1.807) is 0 Å². The van der Waals surface area contributed by atoms with Gasteiger partial charge in [0.25, 0.3) is 0 Å². The van der Waals surface area contributed by atoms with Crippen LogP contribution in [0.25, 0.3) is 0 Å². The minimum atomic E-state index is -0.634. The average molecular weight is 247 g/mol. The number of likely N-dealkylation sites (tertiary alicyclic amines) is 1. The highest BCUT2D eigenvalue weighted by atomic mass is 16.4. The molecule has 18 heavy (non-hydrogen) atoms. The van der Waals surface area contributed by atoms with Gasteiger partial charge in [0.1, 0.15) is 0 Å². The molecule has 2 rings (SSSR count). The molecule has 1 fully saturated rings. The maximum Gasteiger partial charge on any atom is 0.306 e. The Hall–Kier alpha value is -1.35. The zero-order chi connectivity index (χ0) is 13.0. The van der Waals surface area contributed by atoms with E-state index in [-0.39, 0.29) is 5.92 Å². The number of aliphatic carboxylic acids is 1. The van der Waals surface area contributed by atoms with Gasteiger partial charge in [-0.3, -0.25) is 4.79 Å². The number of carbonyl (C=O) groups is 1. The second kappa shape index (κ2) is 6.01. The van der Waals surface area contributed by atoms with Crippen molar-refractivity contribution in [2.45, 2.75) is 25.7 Å². The average Bonchev–Trinajstić information content (AvgIpc) is 2.40. The Bertz CT molecular complexity index is 383. The third kappa shape index (κ3) is 3.33. The summed E-state index contributed by atoms with van der Waals surface area (Å²) in [4.78, 5) is 13.3. The van der Waals surface area contributed by atoms with Crippen molar-refractivity contribution < 1.29 is 9.90 Å². The molecule has 1 heterocycles. The van der Waals surface area contributed by atoms with Gasteiger partial charge in [-0.2, -0.15) is 0 Å². The molecule has 1 aromatic carbocycles. The molecule has 0 aliphatic carbocycles. The molecule has 1 aliphatic rings. The molecule has 0 spiro atoms. The Morgan fingerprint density at radius 2 is 1.94 bits per heavy atom. The molecule has 3 heteroatoms. The van der Waals surface area contributed by atoms with Crippen molar-refractivity contribution in [2.24, 2.45) is 5.92 Å². The number of hydrogen-bond acceptors (Lipinski definition) is 2. The van der Waals surface area contributed by atoms with Gasteiger partial charge < -0.3 is 10.0 Å². The third-order valence-corrected chi connectivity index (χ3v) is 3.84. The van der Waals surface area contributed by atoms with Crippen LogP contribution in [0.4, 0.5) is 0 Å². The number of piperidine rings is 1. The third-order valence-electron chi connectivity index (χ3n) is 3.84. The lowest BCUT2D eigenvalue weighted by atomic mass is 9.95. The van der Waals surface area contributed by atoms with E-state index < -0.39 is 5.97 Å². The lowest BCUT2D eigenvalue weighted by Crippen LogP contribution is -2.38. The van der Waals surface area contributed by atoms with Crippen LogP contribution < -0.4 is 0 Å². The number of hydrogen-bond donors (Lipinski definition) is 1. The van der Waals surface area contributed by atoms with Gasteiger partial charge in [0.2, 0.25) is 0 Å². The number of carboxylic acid groups (broad SMARTS) is 1. The number of nitrogens with zero attached hydrogens (tertiary/aromatic N) is 1. The Balaban J connectivity index is 1.83. The molecule has 1 aromatic rings. The largest absolute Gasteiger partial charge is 0.481 e. The zero-order valence-corrected chi connectivity index (χ0v) is 10.9. The van der Waals surface area contributed by atoms with E-state index in [1.807, 2.05) is 6.07 Å². The van der Waals surface area contributed by atoms with Gasteiger partial charge in [-0.05, 0) is 37.4 Å². The molecule has 0 radical (unpaired) electrons. The Morgan fingerprint density at radius 1 is 1.33 bits per heavy atom. The predicted molar refractivity (Wildman–Crippen MR) is 71.7 cm³/mol. The van der Waals surface area contributed by atoms with Gasteiger partial charge in [-0.25, -0.2) is 0 Å². The standard InChI is InChI=1S/C15H21NO2/c1-12(13-5-3-2-4-6-13)11-16-9-7-14(8-10-16)15(17)18/h2-6,12,14H,7-11H2,1H3,(H,17,18). The fraction of sp³-hybridized carbons (Fsp3) is 0.533. The van der Waals surface area contributed by atoms with Crippen LogP contribution in [0.15, 0.2) is 30.3 Å². The van der Waals surface area contributed by atoms with E-state index in [0.717, 1.165) is 32.5 Å². The second-order valence-corrected chi connectivity index (χ2v) is 5.22. The van der Waals surface area contributed by atoms with Crippen LogP contribution in [0, 0.1) is 5.92 Å². The lowest BCUT2D eigenvalue weighted by Gasteiger charge is -2.32. The summed E-state index contributed by atoms with van der Waals surface area (Å²) in [6.07, 6.45) is 1.58. The predicted octanol–water partition coefficient (Wildman–Crippen LogP) is 2.59. The molecule has 1 saturated heterocycles. The molecule has 1 N–H and O–H groups in total. The lowest BCUT2D eigenvalue weighted by molar-refractivity contribution is -0.143. The molecule has 0 saturated carbocycles. The van der Waals surface area contributed by atoms with Crippen LogP contribution in [0.1, 0.15) is 31.2 Å². The first-order valence-electron chi connectivity index (χ1n) is 6.67. The van der Waals surface area contributed by atoms with Crippen LogP contribution in [-0.2, 0) is 4.79 Å². The summed E-state index contributed by atoms with van der Waals surface area (Å²) >= 11 is 0. The zero-order valence-electron chi connectivity index (χ0n) is 10.9. The molecular formula is C15H21NO2. The highest BCUT2D eigenvalue weighted by Crippen LogP contribution is 2.21. The fourth-order valence-corrected chi connectivity index (χ4v) is 2.64. The van der Waals surface area contributed by atoms with Crippen molar-refractivity contribution in [1.82, 2.24) is 4.90 Å². The Morgan fingerprint density at radius 3 is 2.50 bits per heavy atom. The maximum atomic E-state index is 10.9. The van der Waals surface area contributed by atoms with E-state index in [9.17, 15) is 4.79 Å². The molecule has 98 valence electrons. The fourth-order valence-electron chi connectivity index (χ4n) is 2.64. The molecule has 0 aromatic heterocycles. The monoisotopic (exact) mass is 247 g/mol. The topological polar surface area (TPSA) is 40.5 Å². The van der Waals surface area contributed by atoms with Crippen molar-refractivity contribution in [3.8, 4) is 0 Å². The van der Waals surface area contributed by atoms with Crippen LogP contribution in [0.5, 0.6) is 0 Å². The highest BCUT2D eigenvalue weighted by Gasteiger charge is 2.25. The first kappa shape index (κ1) is 13.1. The van der Waals surface area contributed by atoms with E-state index in [4.69, 9.17) is 5.11 Å². The van der Waals surface area contributed by atoms with Crippen molar-refractivity contribution in [2.75, 3.05) is 19.6 Å². The van der Waals surface area contributed by atoms with Crippen LogP contribution in [0.2, 0.25) is 0 Å². The first-order valence-corrected chi connectivity index (χ1v) is 6.67. The number of benzene rings is 1. The Kier molecular flexibility index (Phi) is 4.37. The molecular weight excluding hydrogens is 226 g/mol. The van der Waals surface area contributed by atoms with Gasteiger partial charge in [0, 0.05) is 6.54 Å². The number of rotatable bonds is 4. The quantitative estimate of drug-likeness (QED) is 0.889. The minimum absolute atomic E-state index is 0.131. The van der Waals surface area contributed by atoms with Gasteiger partial charge in [0.05, 0.1) is 5.92 Å². The smallest absolute Gasteiger partial charge is 0.306 e. The van der Waals surface area contributed by atoms with Crippen LogP contribution in [0.3, 0.4) is 0 Å². The van der Waals surface area contributed by atoms with E-state index in [2.05, 4.69) is 36.1 Å². The maximum absolute atomic E-state index is 10.9. The summed E-state index contributed by atoms with van der Waals surface area (Å²) in [5.74, 6) is -0.258.